The minimum absolute atomic E-state index is 0.0196. The van der Waals surface area contributed by atoms with E-state index in [4.69, 9.17) is 21.1 Å². The summed E-state index contributed by atoms with van der Waals surface area (Å²) in [5, 5.41) is 3.89. The standard InChI is InChI=1S/C22H23ClF2N4O2/c1-30-20-11-19-16(10-21(20)31-8-2-6-29-7-5-14(24)12-29)22(27-13-26-19)28-15-3-4-18(25)17(23)9-15/h3-4,9-11,13-14H,2,5-8,12H2,1H3,(H,26,27,28). The van der Waals surface area contributed by atoms with Gasteiger partial charge in [-0.1, -0.05) is 11.6 Å². The van der Waals surface area contributed by atoms with Crippen LogP contribution in [0.15, 0.2) is 36.7 Å². The minimum Gasteiger partial charge on any atom is -0.493 e. The number of ether oxygens (including phenoxy) is 2. The number of nitrogens with zero attached hydrogens (tertiary/aromatic N) is 3. The van der Waals surface area contributed by atoms with Crippen LogP contribution in [0.4, 0.5) is 20.3 Å². The van der Waals surface area contributed by atoms with E-state index < -0.39 is 12.0 Å². The molecule has 1 aliphatic rings. The Hall–Kier alpha value is -2.71. The van der Waals surface area contributed by atoms with Gasteiger partial charge in [0, 0.05) is 36.8 Å². The molecule has 0 amide bonds. The first-order valence-electron chi connectivity index (χ1n) is 10.1. The van der Waals surface area contributed by atoms with E-state index in [-0.39, 0.29) is 5.02 Å². The molecule has 3 aromatic rings. The van der Waals surface area contributed by atoms with E-state index >= 15 is 0 Å². The number of aromatic nitrogens is 2. The van der Waals surface area contributed by atoms with Gasteiger partial charge >= 0.3 is 0 Å². The summed E-state index contributed by atoms with van der Waals surface area (Å²) in [5.74, 6) is 1.17. The van der Waals surface area contributed by atoms with Crippen LogP contribution in [-0.4, -0.2) is 54.4 Å². The molecule has 1 N–H and O–H groups in total. The van der Waals surface area contributed by atoms with Crippen molar-refractivity contribution in [2.75, 3.05) is 38.7 Å². The Morgan fingerprint density at radius 3 is 2.84 bits per heavy atom. The smallest absolute Gasteiger partial charge is 0.162 e. The summed E-state index contributed by atoms with van der Waals surface area (Å²) in [6.07, 6.45) is 2.10. The van der Waals surface area contributed by atoms with Crippen molar-refractivity contribution in [3.05, 3.63) is 47.5 Å². The quantitative estimate of drug-likeness (QED) is 0.490. The van der Waals surface area contributed by atoms with Gasteiger partial charge in [0.1, 0.15) is 24.1 Å². The number of fused-ring (bicyclic) bond motifs is 1. The molecule has 9 heteroatoms. The van der Waals surface area contributed by atoms with Gasteiger partial charge in [0.15, 0.2) is 11.5 Å². The fraction of sp³-hybridized carbons (Fsp3) is 0.364. The number of methoxy groups -OCH3 is 1. The number of hydrogen-bond acceptors (Lipinski definition) is 6. The Kier molecular flexibility index (Phi) is 6.67. The highest BCUT2D eigenvalue weighted by Crippen LogP contribution is 2.35. The highest BCUT2D eigenvalue weighted by Gasteiger charge is 2.21. The predicted molar refractivity (Wildman–Crippen MR) is 117 cm³/mol. The van der Waals surface area contributed by atoms with Crippen LogP contribution in [0.1, 0.15) is 12.8 Å². The first-order chi connectivity index (χ1) is 15.0. The number of benzene rings is 2. The highest BCUT2D eigenvalue weighted by atomic mass is 35.5. The first kappa shape index (κ1) is 21.5. The normalized spacial score (nSPS) is 16.6. The summed E-state index contributed by atoms with van der Waals surface area (Å²) in [7, 11) is 1.57. The fourth-order valence-corrected chi connectivity index (χ4v) is 3.79. The maximum absolute atomic E-state index is 13.5. The zero-order valence-corrected chi connectivity index (χ0v) is 17.8. The molecule has 0 spiro atoms. The second-order valence-corrected chi connectivity index (χ2v) is 7.79. The Balaban J connectivity index is 1.51. The zero-order chi connectivity index (χ0) is 21.8. The van der Waals surface area contributed by atoms with Gasteiger partial charge < -0.3 is 19.7 Å². The Bertz CT molecular complexity index is 1070. The van der Waals surface area contributed by atoms with Crippen molar-refractivity contribution in [1.29, 1.82) is 0 Å². The maximum atomic E-state index is 13.5. The van der Waals surface area contributed by atoms with Gasteiger partial charge in [0.25, 0.3) is 0 Å². The second-order valence-electron chi connectivity index (χ2n) is 7.38. The molecule has 6 nitrogen and oxygen atoms in total. The summed E-state index contributed by atoms with van der Waals surface area (Å²) in [4.78, 5) is 10.7. The molecule has 164 valence electrons. The van der Waals surface area contributed by atoms with Crippen molar-refractivity contribution in [3.8, 4) is 11.5 Å². The summed E-state index contributed by atoms with van der Waals surface area (Å²) in [5.41, 5.74) is 1.27. The fourth-order valence-electron chi connectivity index (χ4n) is 3.61. The second kappa shape index (κ2) is 9.62. The highest BCUT2D eigenvalue weighted by molar-refractivity contribution is 6.31. The van der Waals surface area contributed by atoms with E-state index in [1.54, 1.807) is 19.2 Å². The summed E-state index contributed by atoms with van der Waals surface area (Å²) >= 11 is 5.88. The van der Waals surface area contributed by atoms with Crippen LogP contribution >= 0.6 is 11.6 Å². The lowest BCUT2D eigenvalue weighted by Crippen LogP contribution is -2.23. The molecule has 0 radical (unpaired) electrons. The molecule has 1 unspecified atom stereocenters. The van der Waals surface area contributed by atoms with Crippen molar-refractivity contribution < 1.29 is 18.3 Å². The number of rotatable bonds is 8. The van der Waals surface area contributed by atoms with Crippen LogP contribution in [0, 0.1) is 5.82 Å². The Morgan fingerprint density at radius 2 is 2.10 bits per heavy atom. The van der Waals surface area contributed by atoms with E-state index in [0.29, 0.717) is 48.1 Å². The van der Waals surface area contributed by atoms with Crippen LogP contribution in [0.25, 0.3) is 10.9 Å². The van der Waals surface area contributed by atoms with Crippen LogP contribution in [0.2, 0.25) is 5.02 Å². The molecule has 0 bridgehead atoms. The van der Waals surface area contributed by atoms with Gasteiger partial charge in [-0.05, 0) is 37.1 Å². The number of halogens is 3. The molecule has 1 aromatic heterocycles. The average Bonchev–Trinajstić information content (AvgIpc) is 3.18. The molecule has 31 heavy (non-hydrogen) atoms. The predicted octanol–water partition coefficient (Wildman–Crippen LogP) is 4.99. The van der Waals surface area contributed by atoms with Gasteiger partial charge in [0.05, 0.1) is 24.3 Å². The van der Waals surface area contributed by atoms with E-state index in [0.717, 1.165) is 24.9 Å². The molecule has 0 aliphatic carbocycles. The molecule has 1 atom stereocenters. The first-order valence-corrected chi connectivity index (χ1v) is 10.5. The third kappa shape index (κ3) is 5.14. The summed E-state index contributed by atoms with van der Waals surface area (Å²) in [6.45, 7) is 2.55. The number of nitrogens with one attached hydrogen (secondary N) is 1. The lowest BCUT2D eigenvalue weighted by Gasteiger charge is -2.16. The van der Waals surface area contributed by atoms with Gasteiger partial charge in [-0.2, -0.15) is 0 Å². The zero-order valence-electron chi connectivity index (χ0n) is 17.1. The molecule has 1 aliphatic heterocycles. The Morgan fingerprint density at radius 1 is 1.23 bits per heavy atom. The summed E-state index contributed by atoms with van der Waals surface area (Å²) in [6, 6.07) is 7.96. The number of anilines is 2. The van der Waals surface area contributed by atoms with Crippen LogP contribution in [-0.2, 0) is 0 Å². The molecular weight excluding hydrogens is 426 g/mol. The van der Waals surface area contributed by atoms with Crippen molar-refractivity contribution in [2.45, 2.75) is 19.0 Å². The van der Waals surface area contributed by atoms with Crippen LogP contribution in [0.5, 0.6) is 11.5 Å². The van der Waals surface area contributed by atoms with Crippen molar-refractivity contribution in [2.24, 2.45) is 0 Å². The molecule has 2 heterocycles. The molecule has 1 fully saturated rings. The van der Waals surface area contributed by atoms with Crippen molar-refractivity contribution in [3.63, 3.8) is 0 Å². The number of hydrogen-bond donors (Lipinski definition) is 1. The number of likely N-dealkylation sites (tertiary alicyclic amines) is 1. The van der Waals surface area contributed by atoms with Crippen LogP contribution < -0.4 is 14.8 Å². The maximum Gasteiger partial charge on any atom is 0.162 e. The monoisotopic (exact) mass is 448 g/mol. The van der Waals surface area contributed by atoms with Gasteiger partial charge in [-0.25, -0.2) is 18.7 Å². The molecule has 4 rings (SSSR count). The van der Waals surface area contributed by atoms with Crippen LogP contribution in [0.3, 0.4) is 0 Å². The Labute approximate surface area is 184 Å². The number of alkyl halides is 1. The summed E-state index contributed by atoms with van der Waals surface area (Å²) < 4.78 is 38.2. The van der Waals surface area contributed by atoms with Crippen molar-refractivity contribution >= 4 is 34.0 Å². The van der Waals surface area contributed by atoms with Gasteiger partial charge in [-0.3, -0.25) is 0 Å². The lowest BCUT2D eigenvalue weighted by atomic mass is 10.2. The third-order valence-electron chi connectivity index (χ3n) is 5.19. The average molecular weight is 449 g/mol. The minimum atomic E-state index is -0.719. The molecule has 0 saturated carbocycles. The SMILES string of the molecule is COc1cc2ncnc(Nc3ccc(F)c(Cl)c3)c2cc1OCCCN1CCC(F)C1. The third-order valence-corrected chi connectivity index (χ3v) is 5.48. The van der Waals surface area contributed by atoms with E-state index in [2.05, 4.69) is 20.2 Å². The molecular formula is C22H23ClF2N4O2. The van der Waals surface area contributed by atoms with Crippen molar-refractivity contribution in [1.82, 2.24) is 14.9 Å². The van der Waals surface area contributed by atoms with Gasteiger partial charge in [-0.15, -0.1) is 0 Å². The van der Waals surface area contributed by atoms with Gasteiger partial charge in [0.2, 0.25) is 0 Å². The molecule has 1 saturated heterocycles. The topological polar surface area (TPSA) is 59.5 Å². The lowest BCUT2D eigenvalue weighted by molar-refractivity contribution is 0.243. The molecule has 2 aromatic carbocycles. The van der Waals surface area contributed by atoms with E-state index in [9.17, 15) is 8.78 Å². The van der Waals surface area contributed by atoms with E-state index in [1.165, 1.54) is 18.5 Å². The largest absolute Gasteiger partial charge is 0.493 e. The van der Waals surface area contributed by atoms with E-state index in [1.807, 2.05) is 6.07 Å².